The quantitative estimate of drug-likeness (QED) is 0.725. The molecule has 0 radical (unpaired) electrons. The highest BCUT2D eigenvalue weighted by Gasteiger charge is 2.06. The maximum atomic E-state index is 5.77. The van der Waals surface area contributed by atoms with Crippen LogP contribution in [0, 0.1) is 0 Å². The summed E-state index contributed by atoms with van der Waals surface area (Å²) in [5.41, 5.74) is 10.1. The molecule has 3 nitrogen and oxygen atoms in total. The van der Waals surface area contributed by atoms with Gasteiger partial charge in [-0.15, -0.1) is 0 Å². The van der Waals surface area contributed by atoms with Gasteiger partial charge in [0.25, 0.3) is 0 Å². The molecule has 0 fully saturated rings. The van der Waals surface area contributed by atoms with Crippen LogP contribution in [-0.2, 0) is 6.54 Å². The van der Waals surface area contributed by atoms with Gasteiger partial charge in [0.05, 0.1) is 16.7 Å². The van der Waals surface area contributed by atoms with Crippen molar-refractivity contribution in [1.29, 1.82) is 0 Å². The first-order chi connectivity index (χ1) is 8.40. The van der Waals surface area contributed by atoms with Crippen LogP contribution in [0.2, 0.25) is 0 Å². The van der Waals surface area contributed by atoms with E-state index in [9.17, 15) is 0 Å². The van der Waals surface area contributed by atoms with E-state index in [2.05, 4.69) is 21.7 Å². The molecule has 2 N–H and O–H groups in total. The molecule has 0 aliphatic heterocycles. The molecule has 0 bridgehead atoms. The summed E-state index contributed by atoms with van der Waals surface area (Å²) in [5.74, 6) is 0. The second kappa shape index (κ2) is 4.03. The number of benzene rings is 2. The standard InChI is InChI=1S/C14H13N3/c15-9-11-5-1-3-7-13(11)17-10-16-12-6-2-4-8-14(12)17/h1-8,10H,9,15H2. The van der Waals surface area contributed by atoms with Gasteiger partial charge in [-0.25, -0.2) is 4.98 Å². The molecule has 0 saturated carbocycles. The lowest BCUT2D eigenvalue weighted by atomic mass is 10.1. The van der Waals surface area contributed by atoms with Crippen molar-refractivity contribution in [1.82, 2.24) is 9.55 Å². The molecule has 3 aromatic rings. The molecule has 0 aliphatic carbocycles. The lowest BCUT2D eigenvalue weighted by Crippen LogP contribution is -2.03. The van der Waals surface area contributed by atoms with Gasteiger partial charge in [0, 0.05) is 6.54 Å². The minimum atomic E-state index is 0.530. The maximum absolute atomic E-state index is 5.77. The Labute approximate surface area is 99.5 Å². The van der Waals surface area contributed by atoms with Crippen molar-refractivity contribution >= 4 is 11.0 Å². The zero-order valence-corrected chi connectivity index (χ0v) is 9.38. The Morgan fingerprint density at radius 3 is 2.65 bits per heavy atom. The van der Waals surface area contributed by atoms with E-state index >= 15 is 0 Å². The van der Waals surface area contributed by atoms with E-state index < -0.39 is 0 Å². The van der Waals surface area contributed by atoms with Crippen molar-refractivity contribution in [3.8, 4) is 5.69 Å². The van der Waals surface area contributed by atoms with Crippen LogP contribution in [0.25, 0.3) is 16.7 Å². The fourth-order valence-corrected chi connectivity index (χ4v) is 2.07. The zero-order valence-electron chi connectivity index (χ0n) is 9.38. The van der Waals surface area contributed by atoms with Crippen LogP contribution in [0.1, 0.15) is 5.56 Å². The second-order valence-corrected chi connectivity index (χ2v) is 3.94. The van der Waals surface area contributed by atoms with Gasteiger partial charge in [0.15, 0.2) is 0 Å². The number of nitrogens with two attached hydrogens (primary N) is 1. The van der Waals surface area contributed by atoms with Crippen LogP contribution < -0.4 is 5.73 Å². The largest absolute Gasteiger partial charge is 0.326 e. The van der Waals surface area contributed by atoms with E-state index in [1.54, 1.807) is 0 Å². The topological polar surface area (TPSA) is 43.8 Å². The SMILES string of the molecule is NCc1ccccc1-n1cnc2ccccc21. The first kappa shape index (κ1) is 10.1. The van der Waals surface area contributed by atoms with Crippen LogP contribution in [-0.4, -0.2) is 9.55 Å². The molecule has 0 unspecified atom stereocenters. The molecule has 1 heterocycles. The van der Waals surface area contributed by atoms with Crippen LogP contribution >= 0.6 is 0 Å². The number of nitrogens with zero attached hydrogens (tertiary/aromatic N) is 2. The van der Waals surface area contributed by atoms with Crippen molar-refractivity contribution in [2.75, 3.05) is 0 Å². The number of imidazole rings is 1. The lowest BCUT2D eigenvalue weighted by molar-refractivity contribution is 1.00. The fourth-order valence-electron chi connectivity index (χ4n) is 2.07. The molecule has 0 spiro atoms. The predicted octanol–water partition coefficient (Wildman–Crippen LogP) is 2.48. The number of para-hydroxylation sites is 3. The van der Waals surface area contributed by atoms with Crippen molar-refractivity contribution in [2.24, 2.45) is 5.73 Å². The highest BCUT2D eigenvalue weighted by Crippen LogP contribution is 2.20. The van der Waals surface area contributed by atoms with Crippen molar-refractivity contribution in [2.45, 2.75) is 6.54 Å². The number of hydrogen-bond donors (Lipinski definition) is 1. The summed E-state index contributed by atoms with van der Waals surface area (Å²) in [6.07, 6.45) is 1.85. The number of aromatic nitrogens is 2. The fraction of sp³-hybridized carbons (Fsp3) is 0.0714. The van der Waals surface area contributed by atoms with Gasteiger partial charge in [-0.3, -0.25) is 4.57 Å². The summed E-state index contributed by atoms with van der Waals surface area (Å²) in [4.78, 5) is 4.39. The van der Waals surface area contributed by atoms with Crippen molar-refractivity contribution in [3.05, 3.63) is 60.4 Å². The van der Waals surface area contributed by atoms with E-state index in [1.807, 2.05) is 42.7 Å². The minimum absolute atomic E-state index is 0.530. The van der Waals surface area contributed by atoms with Gasteiger partial charge in [-0.2, -0.15) is 0 Å². The lowest BCUT2D eigenvalue weighted by Gasteiger charge is -2.09. The first-order valence-electron chi connectivity index (χ1n) is 5.60. The van der Waals surface area contributed by atoms with Crippen LogP contribution in [0.3, 0.4) is 0 Å². The third kappa shape index (κ3) is 1.61. The Hall–Kier alpha value is -2.13. The predicted molar refractivity (Wildman–Crippen MR) is 69.0 cm³/mol. The smallest absolute Gasteiger partial charge is 0.100 e. The number of fused-ring (bicyclic) bond motifs is 1. The monoisotopic (exact) mass is 223 g/mol. The Balaban J connectivity index is 2.27. The summed E-state index contributed by atoms with van der Waals surface area (Å²) in [6, 6.07) is 16.2. The second-order valence-electron chi connectivity index (χ2n) is 3.94. The zero-order chi connectivity index (χ0) is 11.7. The van der Waals surface area contributed by atoms with E-state index in [1.165, 1.54) is 0 Å². The van der Waals surface area contributed by atoms with E-state index in [0.717, 1.165) is 22.3 Å². The molecule has 2 aromatic carbocycles. The highest BCUT2D eigenvalue weighted by molar-refractivity contribution is 5.77. The molecular formula is C14H13N3. The summed E-state index contributed by atoms with van der Waals surface area (Å²) < 4.78 is 2.08. The minimum Gasteiger partial charge on any atom is -0.326 e. The summed E-state index contributed by atoms with van der Waals surface area (Å²) >= 11 is 0. The van der Waals surface area contributed by atoms with Crippen LogP contribution in [0.15, 0.2) is 54.9 Å². The maximum Gasteiger partial charge on any atom is 0.100 e. The molecule has 0 atom stereocenters. The third-order valence-corrected chi connectivity index (χ3v) is 2.92. The molecule has 0 amide bonds. The average Bonchev–Trinajstić information content (AvgIpc) is 2.82. The molecule has 0 aliphatic rings. The Morgan fingerprint density at radius 1 is 1.00 bits per heavy atom. The first-order valence-corrected chi connectivity index (χ1v) is 5.60. The molecule has 0 saturated heterocycles. The number of hydrogen-bond acceptors (Lipinski definition) is 2. The van der Waals surface area contributed by atoms with Gasteiger partial charge >= 0.3 is 0 Å². The van der Waals surface area contributed by atoms with Crippen molar-refractivity contribution < 1.29 is 0 Å². The average molecular weight is 223 g/mol. The molecule has 1 aromatic heterocycles. The van der Waals surface area contributed by atoms with Gasteiger partial charge in [-0.05, 0) is 23.8 Å². The van der Waals surface area contributed by atoms with Gasteiger partial charge in [0.2, 0.25) is 0 Å². The summed E-state index contributed by atoms with van der Waals surface area (Å²) in [6.45, 7) is 0.530. The van der Waals surface area contributed by atoms with Gasteiger partial charge in [-0.1, -0.05) is 30.3 Å². The molecule has 84 valence electrons. The Morgan fingerprint density at radius 2 is 1.76 bits per heavy atom. The molecule has 17 heavy (non-hydrogen) atoms. The molecule has 3 heteroatoms. The number of rotatable bonds is 2. The van der Waals surface area contributed by atoms with E-state index in [4.69, 9.17) is 5.73 Å². The van der Waals surface area contributed by atoms with Crippen LogP contribution in [0.4, 0.5) is 0 Å². The van der Waals surface area contributed by atoms with Crippen LogP contribution in [0.5, 0.6) is 0 Å². The Kier molecular flexibility index (Phi) is 2.38. The van der Waals surface area contributed by atoms with Gasteiger partial charge in [0.1, 0.15) is 6.33 Å². The van der Waals surface area contributed by atoms with Crippen molar-refractivity contribution in [3.63, 3.8) is 0 Å². The molecular weight excluding hydrogens is 210 g/mol. The van der Waals surface area contributed by atoms with E-state index in [0.29, 0.717) is 6.54 Å². The molecule has 3 rings (SSSR count). The Bertz CT molecular complexity index is 655. The summed E-state index contributed by atoms with van der Waals surface area (Å²) in [7, 11) is 0. The van der Waals surface area contributed by atoms with E-state index in [-0.39, 0.29) is 0 Å². The summed E-state index contributed by atoms with van der Waals surface area (Å²) in [5, 5.41) is 0. The third-order valence-electron chi connectivity index (χ3n) is 2.92. The normalized spacial score (nSPS) is 10.9. The highest BCUT2D eigenvalue weighted by atomic mass is 15.0. The van der Waals surface area contributed by atoms with Gasteiger partial charge < -0.3 is 5.73 Å².